The fourth-order valence-corrected chi connectivity index (χ4v) is 1.43. The molecule has 2 unspecified atom stereocenters. The summed E-state index contributed by atoms with van der Waals surface area (Å²) in [5.74, 6) is -4.09. The lowest BCUT2D eigenvalue weighted by molar-refractivity contribution is -0.174. The summed E-state index contributed by atoms with van der Waals surface area (Å²) in [6.07, 6.45) is -5.62. The van der Waals surface area contributed by atoms with Gasteiger partial charge < -0.3 is 15.2 Å². The van der Waals surface area contributed by atoms with Crippen molar-refractivity contribution in [2.45, 2.75) is 18.7 Å². The third kappa shape index (κ3) is 3.09. The maximum Gasteiger partial charge on any atom is 0.471 e. The van der Waals surface area contributed by atoms with E-state index in [0.717, 1.165) is 0 Å². The van der Waals surface area contributed by atoms with Crippen molar-refractivity contribution in [2.75, 3.05) is 13.2 Å². The van der Waals surface area contributed by atoms with E-state index >= 15 is 0 Å². The van der Waals surface area contributed by atoms with Gasteiger partial charge in [0.05, 0.1) is 12.0 Å². The molecule has 1 saturated heterocycles. The molecule has 1 aliphatic rings. The maximum absolute atomic E-state index is 11.8. The molecule has 0 aliphatic carbocycles. The molecule has 0 aromatic heterocycles. The van der Waals surface area contributed by atoms with Crippen molar-refractivity contribution in [2.24, 2.45) is 5.92 Å². The van der Waals surface area contributed by atoms with Gasteiger partial charge in [0.25, 0.3) is 0 Å². The minimum absolute atomic E-state index is 0.170. The van der Waals surface area contributed by atoms with E-state index in [-0.39, 0.29) is 13.0 Å². The molecular formula is C8H10F3NO4. The van der Waals surface area contributed by atoms with Crippen molar-refractivity contribution in [3.05, 3.63) is 0 Å². The smallest absolute Gasteiger partial charge is 0.471 e. The Kier molecular flexibility index (Phi) is 3.74. The first-order valence-corrected chi connectivity index (χ1v) is 4.52. The van der Waals surface area contributed by atoms with Crippen LogP contribution in [0.2, 0.25) is 0 Å². The monoisotopic (exact) mass is 241 g/mol. The van der Waals surface area contributed by atoms with Crippen molar-refractivity contribution in [1.82, 2.24) is 5.32 Å². The minimum atomic E-state index is -4.96. The Labute approximate surface area is 88.6 Å². The van der Waals surface area contributed by atoms with Gasteiger partial charge >= 0.3 is 18.1 Å². The number of carbonyl (C=O) groups is 2. The van der Waals surface area contributed by atoms with E-state index in [1.54, 1.807) is 5.32 Å². The molecule has 0 bridgehead atoms. The zero-order valence-electron chi connectivity index (χ0n) is 8.08. The van der Waals surface area contributed by atoms with Gasteiger partial charge in [-0.05, 0) is 6.42 Å². The quantitative estimate of drug-likeness (QED) is 0.737. The van der Waals surface area contributed by atoms with E-state index < -0.39 is 36.6 Å². The molecule has 2 atom stereocenters. The molecular weight excluding hydrogens is 231 g/mol. The highest BCUT2D eigenvalue weighted by Gasteiger charge is 2.40. The van der Waals surface area contributed by atoms with Crippen molar-refractivity contribution in [3.63, 3.8) is 0 Å². The molecule has 2 N–H and O–H groups in total. The van der Waals surface area contributed by atoms with Crippen molar-refractivity contribution in [1.29, 1.82) is 0 Å². The van der Waals surface area contributed by atoms with Crippen molar-refractivity contribution in [3.8, 4) is 0 Å². The predicted molar refractivity (Wildman–Crippen MR) is 44.5 cm³/mol. The fourth-order valence-electron chi connectivity index (χ4n) is 1.43. The summed E-state index contributed by atoms with van der Waals surface area (Å²) < 4.78 is 40.4. The number of halogens is 3. The predicted octanol–water partition coefficient (Wildman–Crippen LogP) is 0.155. The molecule has 1 rings (SSSR count). The molecule has 0 radical (unpaired) electrons. The standard InChI is InChI=1S/C8H10F3NO4/c9-8(10,11)7(15)12-3-5-4(6(13)14)1-2-16-5/h4-5H,1-3H2,(H,12,15)(H,13,14). The van der Waals surface area contributed by atoms with Crippen LogP contribution in [0.4, 0.5) is 13.2 Å². The Balaban J connectivity index is 2.43. The highest BCUT2D eigenvalue weighted by atomic mass is 19.4. The Morgan fingerprint density at radius 2 is 2.06 bits per heavy atom. The van der Waals surface area contributed by atoms with Gasteiger partial charge in [-0.2, -0.15) is 13.2 Å². The second-order valence-corrected chi connectivity index (χ2v) is 3.35. The van der Waals surface area contributed by atoms with E-state index in [2.05, 4.69) is 0 Å². The summed E-state index contributed by atoms with van der Waals surface area (Å²) in [5.41, 5.74) is 0. The average molecular weight is 241 g/mol. The molecule has 5 nitrogen and oxygen atoms in total. The van der Waals surface area contributed by atoms with Gasteiger partial charge in [-0.15, -0.1) is 0 Å². The molecule has 16 heavy (non-hydrogen) atoms. The number of ether oxygens (including phenoxy) is 1. The van der Waals surface area contributed by atoms with Crippen LogP contribution in [-0.2, 0) is 14.3 Å². The molecule has 8 heteroatoms. The number of alkyl halides is 3. The van der Waals surface area contributed by atoms with E-state index in [0.29, 0.717) is 0 Å². The van der Waals surface area contributed by atoms with Gasteiger partial charge in [-0.25, -0.2) is 0 Å². The molecule has 92 valence electrons. The van der Waals surface area contributed by atoms with E-state index in [4.69, 9.17) is 9.84 Å². The first kappa shape index (κ1) is 12.8. The third-order valence-corrected chi connectivity index (χ3v) is 2.25. The van der Waals surface area contributed by atoms with Crippen LogP contribution in [0, 0.1) is 5.92 Å². The largest absolute Gasteiger partial charge is 0.481 e. The van der Waals surface area contributed by atoms with Gasteiger partial charge in [-0.1, -0.05) is 0 Å². The number of carboxylic acid groups (broad SMARTS) is 1. The lowest BCUT2D eigenvalue weighted by atomic mass is 10.0. The van der Waals surface area contributed by atoms with Crippen molar-refractivity contribution < 1.29 is 32.6 Å². The summed E-state index contributed by atoms with van der Waals surface area (Å²) in [4.78, 5) is 21.1. The summed E-state index contributed by atoms with van der Waals surface area (Å²) in [7, 11) is 0. The number of carbonyl (C=O) groups excluding carboxylic acids is 1. The lowest BCUT2D eigenvalue weighted by Gasteiger charge is -2.16. The molecule has 1 fully saturated rings. The van der Waals surface area contributed by atoms with E-state index in [9.17, 15) is 22.8 Å². The van der Waals surface area contributed by atoms with Gasteiger partial charge in [0.2, 0.25) is 0 Å². The Morgan fingerprint density at radius 3 is 2.56 bits per heavy atom. The molecule has 1 aliphatic heterocycles. The van der Waals surface area contributed by atoms with Crippen LogP contribution < -0.4 is 5.32 Å². The fraction of sp³-hybridized carbons (Fsp3) is 0.750. The zero-order chi connectivity index (χ0) is 12.3. The summed E-state index contributed by atoms with van der Waals surface area (Å²) in [6.45, 7) is -0.279. The SMILES string of the molecule is O=C(O)C1CCOC1CNC(=O)C(F)(F)F. The van der Waals surface area contributed by atoms with Crippen LogP contribution in [0.3, 0.4) is 0 Å². The Hall–Kier alpha value is -1.31. The third-order valence-electron chi connectivity index (χ3n) is 2.25. The normalized spacial score (nSPS) is 25.4. The molecule has 0 aromatic rings. The van der Waals surface area contributed by atoms with Crippen LogP contribution in [0.5, 0.6) is 0 Å². The molecule has 0 spiro atoms. The first-order chi connectivity index (χ1) is 7.32. The highest BCUT2D eigenvalue weighted by Crippen LogP contribution is 2.21. The summed E-state index contributed by atoms with van der Waals surface area (Å²) >= 11 is 0. The van der Waals surface area contributed by atoms with Gasteiger partial charge in [-0.3, -0.25) is 9.59 Å². The van der Waals surface area contributed by atoms with Gasteiger partial charge in [0.15, 0.2) is 0 Å². The molecule has 0 aromatic carbocycles. The van der Waals surface area contributed by atoms with Crippen LogP contribution in [0.25, 0.3) is 0 Å². The lowest BCUT2D eigenvalue weighted by Crippen LogP contribution is -2.43. The first-order valence-electron chi connectivity index (χ1n) is 4.52. The highest BCUT2D eigenvalue weighted by molar-refractivity contribution is 5.81. The molecule has 1 heterocycles. The Bertz CT molecular complexity index is 291. The van der Waals surface area contributed by atoms with Crippen LogP contribution in [0.15, 0.2) is 0 Å². The van der Waals surface area contributed by atoms with Gasteiger partial charge in [0.1, 0.15) is 0 Å². The Morgan fingerprint density at radius 1 is 1.44 bits per heavy atom. The molecule has 0 saturated carbocycles. The average Bonchev–Trinajstić information content (AvgIpc) is 2.60. The topological polar surface area (TPSA) is 75.6 Å². The van der Waals surface area contributed by atoms with Crippen LogP contribution in [0.1, 0.15) is 6.42 Å². The second kappa shape index (κ2) is 4.69. The second-order valence-electron chi connectivity index (χ2n) is 3.35. The van der Waals surface area contributed by atoms with E-state index in [1.165, 1.54) is 0 Å². The van der Waals surface area contributed by atoms with E-state index in [1.807, 2.05) is 0 Å². The number of amides is 1. The van der Waals surface area contributed by atoms with Crippen LogP contribution >= 0.6 is 0 Å². The summed E-state index contributed by atoms with van der Waals surface area (Å²) in [5, 5.41) is 10.3. The number of hydrogen-bond donors (Lipinski definition) is 2. The van der Waals surface area contributed by atoms with Crippen LogP contribution in [-0.4, -0.2) is 42.4 Å². The van der Waals surface area contributed by atoms with Gasteiger partial charge in [0, 0.05) is 13.2 Å². The minimum Gasteiger partial charge on any atom is -0.481 e. The number of aliphatic carboxylic acids is 1. The number of hydrogen-bond acceptors (Lipinski definition) is 3. The summed E-state index contributed by atoms with van der Waals surface area (Å²) in [6, 6.07) is 0. The molecule has 1 amide bonds. The maximum atomic E-state index is 11.8. The van der Waals surface area contributed by atoms with Crippen molar-refractivity contribution >= 4 is 11.9 Å². The number of carboxylic acids is 1. The number of nitrogens with one attached hydrogen (secondary N) is 1. The zero-order valence-corrected chi connectivity index (χ0v) is 8.08. The number of rotatable bonds is 3.